The van der Waals surface area contributed by atoms with Crippen molar-refractivity contribution >= 4 is 16.9 Å². The largest absolute Gasteiger partial charge is 0.426 e. The quantitative estimate of drug-likeness (QED) is 0.542. The van der Waals surface area contributed by atoms with Crippen molar-refractivity contribution in [1.29, 1.82) is 0 Å². The highest BCUT2D eigenvalue weighted by molar-refractivity contribution is 5.86. The Morgan fingerprint density at radius 3 is 2.75 bits per heavy atom. The summed E-state index contributed by atoms with van der Waals surface area (Å²) in [6.07, 6.45) is 0. The molecule has 0 spiro atoms. The van der Waals surface area contributed by atoms with Crippen LogP contribution in [0.1, 0.15) is 12.5 Å². The van der Waals surface area contributed by atoms with E-state index in [2.05, 4.69) is 0 Å². The number of esters is 1. The molecule has 1 aromatic carbocycles. The minimum Gasteiger partial charge on any atom is -0.426 e. The van der Waals surface area contributed by atoms with Gasteiger partial charge in [0.1, 0.15) is 11.3 Å². The molecule has 4 heteroatoms. The Kier molecular flexibility index (Phi) is 2.48. The van der Waals surface area contributed by atoms with E-state index in [4.69, 9.17) is 9.15 Å². The lowest BCUT2D eigenvalue weighted by atomic mass is 10.1. The third-order valence-electron chi connectivity index (χ3n) is 2.12. The molecule has 16 heavy (non-hydrogen) atoms. The Morgan fingerprint density at radius 1 is 1.31 bits per heavy atom. The van der Waals surface area contributed by atoms with Crippen molar-refractivity contribution in [2.45, 2.75) is 13.8 Å². The maximum absolute atomic E-state index is 11.2. The zero-order chi connectivity index (χ0) is 11.7. The van der Waals surface area contributed by atoms with Crippen LogP contribution in [0.4, 0.5) is 0 Å². The second kappa shape index (κ2) is 3.81. The molecule has 1 heterocycles. The summed E-state index contributed by atoms with van der Waals surface area (Å²) >= 11 is 0. The number of aryl methyl sites for hydroxylation is 1. The number of fused-ring (bicyclic) bond motifs is 1. The predicted molar refractivity (Wildman–Crippen MR) is 58.5 cm³/mol. The van der Waals surface area contributed by atoms with E-state index in [0.717, 1.165) is 5.56 Å². The second-order valence-electron chi connectivity index (χ2n) is 3.52. The molecule has 0 atom stereocenters. The van der Waals surface area contributed by atoms with Gasteiger partial charge in [-0.3, -0.25) is 4.79 Å². The van der Waals surface area contributed by atoms with Crippen LogP contribution in [0.3, 0.4) is 0 Å². The fourth-order valence-electron chi connectivity index (χ4n) is 1.48. The molecular formula is C12H10O4. The standard InChI is InChI=1S/C12H10O4/c1-7-3-4-9-10(5-7)16-12(14)6-11(9)15-8(2)13/h3-6H,1-2H3. The molecule has 0 N–H and O–H groups in total. The number of benzene rings is 1. The lowest BCUT2D eigenvalue weighted by Crippen LogP contribution is -2.05. The molecule has 0 aliphatic rings. The van der Waals surface area contributed by atoms with Gasteiger partial charge in [0, 0.05) is 6.92 Å². The molecule has 82 valence electrons. The van der Waals surface area contributed by atoms with Gasteiger partial charge in [0.2, 0.25) is 0 Å². The van der Waals surface area contributed by atoms with Crippen LogP contribution in [0.5, 0.6) is 5.75 Å². The molecule has 2 aromatic rings. The first kappa shape index (κ1) is 10.4. The molecule has 4 nitrogen and oxygen atoms in total. The minimum atomic E-state index is -0.533. The zero-order valence-corrected chi connectivity index (χ0v) is 8.94. The van der Waals surface area contributed by atoms with Gasteiger partial charge in [-0.1, -0.05) is 6.07 Å². The number of hydrogen-bond acceptors (Lipinski definition) is 4. The molecule has 0 aliphatic heterocycles. The molecule has 1 aromatic heterocycles. The average Bonchev–Trinajstić information content (AvgIpc) is 2.15. The predicted octanol–water partition coefficient (Wildman–Crippen LogP) is 2.03. The van der Waals surface area contributed by atoms with Crippen LogP contribution in [-0.4, -0.2) is 5.97 Å². The highest BCUT2D eigenvalue weighted by Gasteiger charge is 2.08. The SMILES string of the molecule is CC(=O)Oc1cc(=O)oc2cc(C)ccc12. The Labute approximate surface area is 91.4 Å². The van der Waals surface area contributed by atoms with Gasteiger partial charge in [-0.25, -0.2) is 4.79 Å². The van der Waals surface area contributed by atoms with Crippen molar-refractivity contribution in [1.82, 2.24) is 0 Å². The molecule has 0 fully saturated rings. The van der Waals surface area contributed by atoms with Gasteiger partial charge in [0.05, 0.1) is 11.5 Å². The molecule has 0 unspecified atom stereocenters. The van der Waals surface area contributed by atoms with Gasteiger partial charge in [0.15, 0.2) is 0 Å². The number of rotatable bonds is 1. The minimum absolute atomic E-state index is 0.235. The van der Waals surface area contributed by atoms with Crippen LogP contribution in [0.15, 0.2) is 33.5 Å². The monoisotopic (exact) mass is 218 g/mol. The van der Waals surface area contributed by atoms with Crippen molar-refractivity contribution in [2.24, 2.45) is 0 Å². The number of carbonyl (C=O) groups is 1. The van der Waals surface area contributed by atoms with Crippen LogP contribution >= 0.6 is 0 Å². The number of ether oxygens (including phenoxy) is 1. The molecule has 0 radical (unpaired) electrons. The molecule has 0 saturated carbocycles. The number of carbonyl (C=O) groups excluding carboxylic acids is 1. The van der Waals surface area contributed by atoms with Gasteiger partial charge in [-0.05, 0) is 24.6 Å². The maximum Gasteiger partial charge on any atom is 0.339 e. The molecule has 0 aliphatic carbocycles. The van der Waals surface area contributed by atoms with E-state index in [9.17, 15) is 9.59 Å². The van der Waals surface area contributed by atoms with Crippen molar-refractivity contribution in [3.05, 3.63) is 40.2 Å². The number of hydrogen-bond donors (Lipinski definition) is 0. The van der Waals surface area contributed by atoms with Gasteiger partial charge < -0.3 is 9.15 Å². The molecule has 0 amide bonds. The van der Waals surface area contributed by atoms with E-state index >= 15 is 0 Å². The first-order valence-corrected chi connectivity index (χ1v) is 4.79. The maximum atomic E-state index is 11.2. The summed E-state index contributed by atoms with van der Waals surface area (Å²) < 4.78 is 9.97. The van der Waals surface area contributed by atoms with Crippen LogP contribution in [0, 0.1) is 6.92 Å². The fourth-order valence-corrected chi connectivity index (χ4v) is 1.48. The van der Waals surface area contributed by atoms with E-state index in [1.165, 1.54) is 13.0 Å². The Hall–Kier alpha value is -2.10. The van der Waals surface area contributed by atoms with Gasteiger partial charge >= 0.3 is 11.6 Å². The molecule has 2 rings (SSSR count). The van der Waals surface area contributed by atoms with Crippen LogP contribution in [0.2, 0.25) is 0 Å². The normalized spacial score (nSPS) is 10.4. The first-order valence-electron chi connectivity index (χ1n) is 4.79. The summed E-state index contributed by atoms with van der Waals surface area (Å²) in [5, 5.41) is 0.611. The van der Waals surface area contributed by atoms with E-state index in [1.807, 2.05) is 13.0 Å². The molecular weight excluding hydrogens is 208 g/mol. The van der Waals surface area contributed by atoms with E-state index in [1.54, 1.807) is 12.1 Å². The van der Waals surface area contributed by atoms with Gasteiger partial charge in [-0.15, -0.1) is 0 Å². The summed E-state index contributed by atoms with van der Waals surface area (Å²) in [5.41, 5.74) is 0.855. The van der Waals surface area contributed by atoms with Crippen molar-refractivity contribution in [2.75, 3.05) is 0 Å². The van der Waals surface area contributed by atoms with Crippen molar-refractivity contribution < 1.29 is 13.9 Å². The summed E-state index contributed by atoms with van der Waals surface area (Å²) in [7, 11) is 0. The van der Waals surface area contributed by atoms with Crippen molar-refractivity contribution in [3.8, 4) is 5.75 Å². The van der Waals surface area contributed by atoms with Gasteiger partial charge in [-0.2, -0.15) is 0 Å². The lowest BCUT2D eigenvalue weighted by Gasteiger charge is -2.04. The van der Waals surface area contributed by atoms with Gasteiger partial charge in [0.25, 0.3) is 0 Å². The van der Waals surface area contributed by atoms with E-state index < -0.39 is 11.6 Å². The Morgan fingerprint density at radius 2 is 2.06 bits per heavy atom. The summed E-state index contributed by atoms with van der Waals surface area (Å²) in [6, 6.07) is 6.50. The average molecular weight is 218 g/mol. The Balaban J connectivity index is 2.72. The highest BCUT2D eigenvalue weighted by atomic mass is 16.5. The summed E-state index contributed by atoms with van der Waals surface area (Å²) in [6.45, 7) is 3.17. The van der Waals surface area contributed by atoms with Crippen LogP contribution < -0.4 is 10.4 Å². The third kappa shape index (κ3) is 1.95. The lowest BCUT2D eigenvalue weighted by molar-refractivity contribution is -0.131. The smallest absolute Gasteiger partial charge is 0.339 e. The summed E-state index contributed by atoms with van der Waals surface area (Å²) in [4.78, 5) is 22.1. The highest BCUT2D eigenvalue weighted by Crippen LogP contribution is 2.24. The molecule has 0 bridgehead atoms. The molecule has 0 saturated heterocycles. The first-order chi connectivity index (χ1) is 7.56. The van der Waals surface area contributed by atoms with Crippen LogP contribution in [0.25, 0.3) is 11.0 Å². The second-order valence-corrected chi connectivity index (χ2v) is 3.52. The third-order valence-corrected chi connectivity index (χ3v) is 2.12. The summed E-state index contributed by atoms with van der Waals surface area (Å²) in [5.74, 6) is -0.230. The van der Waals surface area contributed by atoms with Crippen molar-refractivity contribution in [3.63, 3.8) is 0 Å². The van der Waals surface area contributed by atoms with Crippen LogP contribution in [-0.2, 0) is 4.79 Å². The fraction of sp³-hybridized carbons (Fsp3) is 0.167. The zero-order valence-electron chi connectivity index (χ0n) is 8.94. The van der Waals surface area contributed by atoms with E-state index in [0.29, 0.717) is 11.0 Å². The Bertz CT molecular complexity index is 610. The topological polar surface area (TPSA) is 56.5 Å². The van der Waals surface area contributed by atoms with E-state index in [-0.39, 0.29) is 5.75 Å².